The molecule has 0 radical (unpaired) electrons. The van der Waals surface area contributed by atoms with Gasteiger partial charge in [0.15, 0.2) is 0 Å². The van der Waals surface area contributed by atoms with E-state index in [0.717, 1.165) is 16.8 Å². The van der Waals surface area contributed by atoms with Gasteiger partial charge in [0, 0.05) is 18.8 Å². The zero-order valence-electron chi connectivity index (χ0n) is 19.0. The van der Waals surface area contributed by atoms with Crippen LogP contribution in [0.1, 0.15) is 30.7 Å². The maximum absolute atomic E-state index is 13.4. The second-order valence-electron chi connectivity index (χ2n) is 8.33. The third kappa shape index (κ3) is 6.74. The van der Waals surface area contributed by atoms with Gasteiger partial charge in [-0.3, -0.25) is 4.79 Å². The lowest BCUT2D eigenvalue weighted by molar-refractivity contribution is -0.133. The molecule has 0 atom stereocenters. The summed E-state index contributed by atoms with van der Waals surface area (Å²) in [7, 11) is 0. The highest BCUT2D eigenvalue weighted by atomic mass is 16.3. The first-order chi connectivity index (χ1) is 15.4. The van der Waals surface area contributed by atoms with Gasteiger partial charge in [0.25, 0.3) is 0 Å². The van der Waals surface area contributed by atoms with Gasteiger partial charge < -0.3 is 19.5 Å². The number of carbonyl (C=O) groups is 2. The molecule has 1 N–H and O–H groups in total. The fraction of sp³-hybridized carbons (Fsp3) is 0.308. The molecule has 3 rings (SSSR count). The number of amides is 3. The Morgan fingerprint density at radius 1 is 0.906 bits per heavy atom. The van der Waals surface area contributed by atoms with E-state index in [1.54, 1.807) is 22.1 Å². The first kappa shape index (κ1) is 23.1. The van der Waals surface area contributed by atoms with Gasteiger partial charge >= 0.3 is 6.03 Å². The SMILES string of the molecule is Cc1ccccc1NC(=O)N(CC(=O)N(Cc1ccccc1)Cc1ccco1)CC(C)C. The molecule has 0 aliphatic rings. The Morgan fingerprint density at radius 2 is 1.62 bits per heavy atom. The molecule has 0 aliphatic carbocycles. The predicted molar refractivity (Wildman–Crippen MR) is 126 cm³/mol. The number of furan rings is 1. The molecule has 2 aromatic carbocycles. The van der Waals surface area contributed by atoms with Gasteiger partial charge in [0.05, 0.1) is 12.8 Å². The van der Waals surface area contributed by atoms with Crippen LogP contribution >= 0.6 is 0 Å². The number of benzene rings is 2. The molecule has 0 bridgehead atoms. The van der Waals surface area contributed by atoms with E-state index in [1.165, 1.54) is 0 Å². The fourth-order valence-electron chi connectivity index (χ4n) is 3.46. The number of aryl methyl sites for hydroxylation is 1. The second-order valence-corrected chi connectivity index (χ2v) is 8.33. The molecule has 3 aromatic rings. The lowest BCUT2D eigenvalue weighted by Gasteiger charge is -2.28. The Balaban J connectivity index is 1.76. The third-order valence-electron chi connectivity index (χ3n) is 5.08. The third-order valence-corrected chi connectivity index (χ3v) is 5.08. The molecule has 6 heteroatoms. The van der Waals surface area contributed by atoms with Crippen LogP contribution in [0.4, 0.5) is 10.5 Å². The molecule has 32 heavy (non-hydrogen) atoms. The summed E-state index contributed by atoms with van der Waals surface area (Å²) in [5, 5.41) is 2.95. The number of anilines is 1. The molecule has 1 aromatic heterocycles. The maximum Gasteiger partial charge on any atom is 0.322 e. The monoisotopic (exact) mass is 433 g/mol. The number of para-hydroxylation sites is 1. The molecule has 6 nitrogen and oxygen atoms in total. The van der Waals surface area contributed by atoms with Gasteiger partial charge in [-0.1, -0.05) is 62.4 Å². The van der Waals surface area contributed by atoms with Crippen LogP contribution in [0.15, 0.2) is 77.4 Å². The van der Waals surface area contributed by atoms with Crippen LogP contribution in [0.2, 0.25) is 0 Å². The Morgan fingerprint density at radius 3 is 2.28 bits per heavy atom. The smallest absolute Gasteiger partial charge is 0.322 e. The van der Waals surface area contributed by atoms with Crippen molar-refractivity contribution in [2.45, 2.75) is 33.9 Å². The average molecular weight is 434 g/mol. The maximum atomic E-state index is 13.4. The molecule has 0 saturated carbocycles. The Labute approximate surface area is 189 Å². The molecule has 3 amide bonds. The minimum atomic E-state index is -0.279. The molecule has 0 unspecified atom stereocenters. The van der Waals surface area contributed by atoms with Crippen LogP contribution in [0.3, 0.4) is 0 Å². The first-order valence-electron chi connectivity index (χ1n) is 10.9. The number of hydrogen-bond acceptors (Lipinski definition) is 3. The van der Waals surface area contributed by atoms with Crippen molar-refractivity contribution >= 4 is 17.6 Å². The van der Waals surface area contributed by atoms with E-state index < -0.39 is 0 Å². The van der Waals surface area contributed by atoms with Crippen molar-refractivity contribution in [3.8, 4) is 0 Å². The van der Waals surface area contributed by atoms with E-state index in [4.69, 9.17) is 4.42 Å². The number of nitrogens with one attached hydrogen (secondary N) is 1. The number of nitrogens with zero attached hydrogens (tertiary/aromatic N) is 2. The van der Waals surface area contributed by atoms with Crippen molar-refractivity contribution in [3.63, 3.8) is 0 Å². The Bertz CT molecular complexity index is 1000. The number of hydrogen-bond donors (Lipinski definition) is 1. The van der Waals surface area contributed by atoms with E-state index in [-0.39, 0.29) is 24.4 Å². The zero-order valence-corrected chi connectivity index (χ0v) is 19.0. The molecule has 0 fully saturated rings. The molecular formula is C26H31N3O3. The second kappa shape index (κ2) is 11.2. The fourth-order valence-corrected chi connectivity index (χ4v) is 3.46. The van der Waals surface area contributed by atoms with Crippen LogP contribution in [0.5, 0.6) is 0 Å². The van der Waals surface area contributed by atoms with Crippen molar-refractivity contribution in [2.24, 2.45) is 5.92 Å². The minimum absolute atomic E-state index is 0.0105. The summed E-state index contributed by atoms with van der Waals surface area (Å²) < 4.78 is 5.47. The van der Waals surface area contributed by atoms with E-state index in [0.29, 0.717) is 25.4 Å². The quantitative estimate of drug-likeness (QED) is 0.497. The van der Waals surface area contributed by atoms with Crippen molar-refractivity contribution in [3.05, 3.63) is 89.9 Å². The van der Waals surface area contributed by atoms with Gasteiger partial charge in [-0.2, -0.15) is 0 Å². The lowest BCUT2D eigenvalue weighted by atomic mass is 10.2. The summed E-state index contributed by atoms with van der Waals surface area (Å²) >= 11 is 0. The minimum Gasteiger partial charge on any atom is -0.467 e. The van der Waals surface area contributed by atoms with Crippen LogP contribution in [0.25, 0.3) is 0 Å². The summed E-state index contributed by atoms with van der Waals surface area (Å²) in [5.41, 5.74) is 2.74. The van der Waals surface area contributed by atoms with Gasteiger partial charge in [0.1, 0.15) is 12.3 Å². The van der Waals surface area contributed by atoms with Crippen molar-refractivity contribution < 1.29 is 14.0 Å². The van der Waals surface area contributed by atoms with Crippen LogP contribution < -0.4 is 5.32 Å². The average Bonchev–Trinajstić information content (AvgIpc) is 3.28. The topological polar surface area (TPSA) is 65.8 Å². The highest BCUT2D eigenvalue weighted by Crippen LogP contribution is 2.16. The van der Waals surface area contributed by atoms with Gasteiger partial charge in [-0.15, -0.1) is 0 Å². The van der Waals surface area contributed by atoms with Crippen LogP contribution in [-0.2, 0) is 17.9 Å². The van der Waals surface area contributed by atoms with Crippen LogP contribution in [-0.4, -0.2) is 34.8 Å². The number of urea groups is 1. The van der Waals surface area contributed by atoms with Crippen molar-refractivity contribution in [2.75, 3.05) is 18.4 Å². The number of rotatable bonds is 9. The number of carbonyl (C=O) groups excluding carboxylic acids is 2. The summed E-state index contributed by atoms with van der Waals surface area (Å²) in [6.07, 6.45) is 1.60. The standard InChI is InChI=1S/C26H31N3O3/c1-20(2)16-29(26(31)27-24-14-8-7-10-21(24)3)19-25(30)28(18-23-13-9-15-32-23)17-22-11-5-4-6-12-22/h4-15,20H,16-19H2,1-3H3,(H,27,31). The summed E-state index contributed by atoms with van der Waals surface area (Å²) in [4.78, 5) is 29.7. The highest BCUT2D eigenvalue weighted by molar-refractivity contribution is 5.93. The van der Waals surface area contributed by atoms with E-state index in [9.17, 15) is 9.59 Å². The van der Waals surface area contributed by atoms with Gasteiger partial charge in [0.2, 0.25) is 5.91 Å². The lowest BCUT2D eigenvalue weighted by Crippen LogP contribution is -2.45. The van der Waals surface area contributed by atoms with Gasteiger partial charge in [-0.25, -0.2) is 4.79 Å². The summed E-state index contributed by atoms with van der Waals surface area (Å²) in [5.74, 6) is 0.790. The first-order valence-corrected chi connectivity index (χ1v) is 10.9. The molecule has 0 saturated heterocycles. The summed E-state index contributed by atoms with van der Waals surface area (Å²) in [6, 6.07) is 20.8. The largest absolute Gasteiger partial charge is 0.467 e. The predicted octanol–water partition coefficient (Wildman–Crippen LogP) is 5.31. The molecule has 1 heterocycles. The summed E-state index contributed by atoms with van der Waals surface area (Å²) in [6.45, 7) is 7.25. The molecule has 0 spiro atoms. The Kier molecular flexibility index (Phi) is 8.08. The molecule has 168 valence electrons. The normalized spacial score (nSPS) is 10.8. The van der Waals surface area contributed by atoms with Crippen LogP contribution in [0, 0.1) is 12.8 Å². The van der Waals surface area contributed by atoms with Gasteiger partial charge in [-0.05, 0) is 42.2 Å². The molecule has 0 aliphatic heterocycles. The Hall–Kier alpha value is -3.54. The highest BCUT2D eigenvalue weighted by Gasteiger charge is 2.23. The molecular weight excluding hydrogens is 402 g/mol. The van der Waals surface area contributed by atoms with Crippen molar-refractivity contribution in [1.29, 1.82) is 0 Å². The zero-order chi connectivity index (χ0) is 22.9. The van der Waals surface area contributed by atoms with E-state index in [2.05, 4.69) is 5.32 Å². The van der Waals surface area contributed by atoms with E-state index in [1.807, 2.05) is 81.4 Å². The van der Waals surface area contributed by atoms with Crippen molar-refractivity contribution in [1.82, 2.24) is 9.80 Å². The van der Waals surface area contributed by atoms with E-state index >= 15 is 0 Å².